The number of Topliss-reactive ketones (excluding diaryl/α,β-unsaturated/α-hetero) is 1. The fraction of sp³-hybridized carbons (Fsp3) is 0.364. The highest BCUT2D eigenvalue weighted by Gasteiger charge is 2.34. The first kappa shape index (κ1) is 17.2. The topological polar surface area (TPSA) is 26.3 Å². The smallest absolute Gasteiger partial charge is 0.434 e. The van der Waals surface area contributed by atoms with E-state index < -0.39 is 45.1 Å². The SMILES string of the molecule is CC(=O)C(Br)c1cccc(OC(F)F)c1SC(F)(F)F. The number of ether oxygens (including phenoxy) is 1. The van der Waals surface area contributed by atoms with Crippen molar-refractivity contribution in [3.8, 4) is 5.75 Å². The minimum atomic E-state index is -4.69. The van der Waals surface area contributed by atoms with Gasteiger partial charge in [-0.2, -0.15) is 22.0 Å². The monoisotopic (exact) mass is 378 g/mol. The van der Waals surface area contributed by atoms with Crippen LogP contribution in [-0.2, 0) is 4.79 Å². The Labute approximate surface area is 123 Å². The van der Waals surface area contributed by atoms with Crippen LogP contribution in [0, 0.1) is 0 Å². The maximum atomic E-state index is 12.5. The Kier molecular flexibility index (Phi) is 5.81. The van der Waals surface area contributed by atoms with Crippen LogP contribution in [0.5, 0.6) is 5.75 Å². The second kappa shape index (κ2) is 6.75. The van der Waals surface area contributed by atoms with Crippen LogP contribution in [-0.4, -0.2) is 17.9 Å². The van der Waals surface area contributed by atoms with E-state index in [0.29, 0.717) is 0 Å². The molecule has 0 aliphatic heterocycles. The molecule has 0 spiro atoms. The summed E-state index contributed by atoms with van der Waals surface area (Å²) in [5.41, 5.74) is -4.77. The predicted molar refractivity (Wildman–Crippen MR) is 67.3 cm³/mol. The normalized spacial score (nSPS) is 13.4. The fourth-order valence-electron chi connectivity index (χ4n) is 1.37. The molecule has 0 aliphatic rings. The molecule has 0 saturated carbocycles. The summed E-state index contributed by atoms with van der Waals surface area (Å²) in [7, 11) is 0. The molecule has 0 amide bonds. The predicted octanol–water partition coefficient (Wildman–Crippen LogP) is 4.92. The zero-order valence-corrected chi connectivity index (χ0v) is 12.3. The Bertz CT molecular complexity index is 492. The molecule has 112 valence electrons. The second-order valence-corrected chi connectivity index (χ2v) is 5.56. The molecule has 0 aromatic heterocycles. The van der Waals surface area contributed by atoms with Gasteiger partial charge < -0.3 is 4.74 Å². The van der Waals surface area contributed by atoms with Crippen LogP contribution in [0.2, 0.25) is 0 Å². The molecule has 2 nitrogen and oxygen atoms in total. The molecule has 0 heterocycles. The van der Waals surface area contributed by atoms with E-state index in [1.165, 1.54) is 19.1 Å². The largest absolute Gasteiger partial charge is 0.446 e. The van der Waals surface area contributed by atoms with Gasteiger partial charge in [0.1, 0.15) is 11.5 Å². The number of benzene rings is 1. The average molecular weight is 379 g/mol. The highest BCUT2D eigenvalue weighted by molar-refractivity contribution is 9.09. The van der Waals surface area contributed by atoms with Crippen molar-refractivity contribution in [3.63, 3.8) is 0 Å². The fourth-order valence-corrected chi connectivity index (χ4v) is 2.65. The lowest BCUT2D eigenvalue weighted by Gasteiger charge is -2.17. The van der Waals surface area contributed by atoms with E-state index in [2.05, 4.69) is 20.7 Å². The maximum Gasteiger partial charge on any atom is 0.446 e. The van der Waals surface area contributed by atoms with Crippen LogP contribution in [0.25, 0.3) is 0 Å². The lowest BCUT2D eigenvalue weighted by atomic mass is 10.1. The van der Waals surface area contributed by atoms with E-state index in [-0.39, 0.29) is 5.56 Å². The first-order valence-electron chi connectivity index (χ1n) is 5.10. The van der Waals surface area contributed by atoms with Crippen LogP contribution >= 0.6 is 27.7 Å². The summed E-state index contributed by atoms with van der Waals surface area (Å²) in [5.74, 6) is -1.08. The number of carbonyl (C=O) groups excluding carboxylic acids is 1. The average Bonchev–Trinajstić information content (AvgIpc) is 2.27. The second-order valence-electron chi connectivity index (χ2n) is 3.57. The summed E-state index contributed by atoms with van der Waals surface area (Å²) in [5, 5.41) is 0. The van der Waals surface area contributed by atoms with Gasteiger partial charge in [-0.1, -0.05) is 28.1 Å². The lowest BCUT2D eigenvalue weighted by Crippen LogP contribution is -2.10. The molecular weight excluding hydrogens is 371 g/mol. The van der Waals surface area contributed by atoms with Gasteiger partial charge in [0, 0.05) is 0 Å². The third-order valence-corrected chi connectivity index (χ3v) is 4.08. The van der Waals surface area contributed by atoms with Crippen molar-refractivity contribution >= 4 is 33.5 Å². The summed E-state index contributed by atoms with van der Waals surface area (Å²) in [6.07, 6.45) is 0. The van der Waals surface area contributed by atoms with Gasteiger partial charge in [0.2, 0.25) is 0 Å². The molecule has 1 rings (SSSR count). The van der Waals surface area contributed by atoms with Crippen molar-refractivity contribution in [1.82, 2.24) is 0 Å². The molecule has 1 atom stereocenters. The van der Waals surface area contributed by atoms with E-state index in [9.17, 15) is 26.7 Å². The van der Waals surface area contributed by atoms with Gasteiger partial charge >= 0.3 is 12.1 Å². The van der Waals surface area contributed by atoms with Crippen molar-refractivity contribution in [2.24, 2.45) is 0 Å². The van der Waals surface area contributed by atoms with Crippen LogP contribution in [0.15, 0.2) is 23.1 Å². The van der Waals surface area contributed by atoms with Gasteiger partial charge in [-0.15, -0.1) is 0 Å². The van der Waals surface area contributed by atoms with Gasteiger partial charge in [0.15, 0.2) is 0 Å². The quantitative estimate of drug-likeness (QED) is 0.413. The Morgan fingerprint density at radius 2 is 1.95 bits per heavy atom. The Morgan fingerprint density at radius 3 is 2.40 bits per heavy atom. The van der Waals surface area contributed by atoms with Gasteiger partial charge in [-0.3, -0.25) is 4.79 Å². The van der Waals surface area contributed by atoms with Crippen LogP contribution < -0.4 is 4.74 Å². The number of ketones is 1. The molecule has 0 N–H and O–H groups in total. The Hall–Kier alpha value is -0.830. The zero-order valence-electron chi connectivity index (χ0n) is 9.88. The van der Waals surface area contributed by atoms with Gasteiger partial charge in [0.05, 0.1) is 9.72 Å². The molecular formula is C11H8BrF5O2S. The van der Waals surface area contributed by atoms with Crippen molar-refractivity contribution in [2.75, 3.05) is 0 Å². The number of thioether (sulfide) groups is 1. The number of alkyl halides is 6. The minimum absolute atomic E-state index is 0.0713. The summed E-state index contributed by atoms with van der Waals surface area (Å²) in [6.45, 7) is -2.09. The number of carbonyl (C=O) groups is 1. The summed E-state index contributed by atoms with van der Waals surface area (Å²) >= 11 is 2.34. The minimum Gasteiger partial charge on any atom is -0.434 e. The number of rotatable bonds is 5. The van der Waals surface area contributed by atoms with E-state index in [0.717, 1.165) is 6.07 Å². The Balaban J connectivity index is 3.32. The molecule has 9 heteroatoms. The zero-order chi connectivity index (χ0) is 15.5. The molecule has 1 unspecified atom stereocenters. The van der Waals surface area contributed by atoms with Crippen LogP contribution in [0.4, 0.5) is 22.0 Å². The van der Waals surface area contributed by atoms with Crippen molar-refractivity contribution in [1.29, 1.82) is 0 Å². The lowest BCUT2D eigenvalue weighted by molar-refractivity contribution is -0.116. The number of hydrogen-bond acceptors (Lipinski definition) is 3. The summed E-state index contributed by atoms with van der Waals surface area (Å²) in [4.78, 5) is 9.68. The van der Waals surface area contributed by atoms with Crippen molar-refractivity contribution < 1.29 is 31.5 Å². The highest BCUT2D eigenvalue weighted by atomic mass is 79.9. The molecule has 0 aliphatic carbocycles. The molecule has 20 heavy (non-hydrogen) atoms. The molecule has 0 bridgehead atoms. The summed E-state index contributed by atoms with van der Waals surface area (Å²) in [6, 6.07) is 3.47. The van der Waals surface area contributed by atoms with Crippen molar-refractivity contribution in [2.45, 2.75) is 28.8 Å². The van der Waals surface area contributed by atoms with Gasteiger partial charge in [-0.05, 0) is 30.3 Å². The number of halogens is 6. The molecule has 1 aromatic carbocycles. The highest BCUT2D eigenvalue weighted by Crippen LogP contribution is 2.46. The third kappa shape index (κ3) is 4.93. The molecule has 0 radical (unpaired) electrons. The number of hydrogen-bond donors (Lipinski definition) is 0. The van der Waals surface area contributed by atoms with Crippen molar-refractivity contribution in [3.05, 3.63) is 23.8 Å². The Morgan fingerprint density at radius 1 is 1.35 bits per heavy atom. The third-order valence-electron chi connectivity index (χ3n) is 2.07. The van der Waals surface area contributed by atoms with Gasteiger partial charge in [0.25, 0.3) is 0 Å². The standard InChI is InChI=1S/C11H8BrF5O2S/c1-5(18)8(12)6-3-2-4-7(19-10(13)14)9(6)20-11(15,16)17/h2-4,8,10H,1H3. The first-order valence-corrected chi connectivity index (χ1v) is 6.83. The molecule has 0 fully saturated rings. The summed E-state index contributed by atoms with van der Waals surface area (Å²) < 4.78 is 66.1. The van der Waals surface area contributed by atoms with Gasteiger partial charge in [-0.25, -0.2) is 0 Å². The molecule has 0 saturated heterocycles. The van der Waals surface area contributed by atoms with E-state index in [1.807, 2.05) is 0 Å². The maximum absolute atomic E-state index is 12.5. The van der Waals surface area contributed by atoms with E-state index in [4.69, 9.17) is 0 Å². The van der Waals surface area contributed by atoms with E-state index >= 15 is 0 Å². The molecule has 1 aromatic rings. The van der Waals surface area contributed by atoms with E-state index in [1.54, 1.807) is 0 Å². The first-order chi connectivity index (χ1) is 9.11. The van der Waals surface area contributed by atoms with Crippen LogP contribution in [0.3, 0.4) is 0 Å². The van der Waals surface area contributed by atoms with Crippen LogP contribution in [0.1, 0.15) is 17.3 Å².